The summed E-state index contributed by atoms with van der Waals surface area (Å²) in [5.74, 6) is 1.38. The predicted molar refractivity (Wildman–Crippen MR) is 65.3 cm³/mol. The molecule has 0 spiro atoms. The lowest BCUT2D eigenvalue weighted by Gasteiger charge is -2.08. The minimum Gasteiger partial charge on any atom is -0.246 e. The molecule has 2 rings (SSSR count). The Balaban J connectivity index is 2.17. The fraction of sp³-hybridized carbons (Fsp3) is 0.769. The van der Waals surface area contributed by atoms with Crippen molar-refractivity contribution in [2.45, 2.75) is 52.5 Å². The third kappa shape index (κ3) is 2.66. The number of rotatable bonds is 5. The summed E-state index contributed by atoms with van der Waals surface area (Å²) in [6.45, 7) is 6.68. The van der Waals surface area contributed by atoms with E-state index in [-0.39, 0.29) is 0 Å². The van der Waals surface area contributed by atoms with Crippen LogP contribution in [-0.4, -0.2) is 15.0 Å². The highest BCUT2D eigenvalue weighted by Gasteiger charge is 2.37. The zero-order valence-electron chi connectivity index (χ0n) is 10.8. The number of hydrogen-bond acceptors (Lipinski definition) is 3. The van der Waals surface area contributed by atoms with Crippen molar-refractivity contribution < 1.29 is 0 Å². The molecule has 1 aliphatic carbocycles. The van der Waals surface area contributed by atoms with Gasteiger partial charge in [-0.25, -0.2) is 4.68 Å². The first-order valence-corrected chi connectivity index (χ1v) is 6.43. The third-order valence-electron chi connectivity index (χ3n) is 3.46. The van der Waals surface area contributed by atoms with Crippen LogP contribution < -0.4 is 0 Å². The minimum absolute atomic E-state index is 0.383. The van der Waals surface area contributed by atoms with Gasteiger partial charge >= 0.3 is 0 Å². The van der Waals surface area contributed by atoms with Crippen molar-refractivity contribution in [1.29, 1.82) is 5.26 Å². The van der Waals surface area contributed by atoms with Gasteiger partial charge in [0.1, 0.15) is 0 Å². The monoisotopic (exact) mass is 232 g/mol. The van der Waals surface area contributed by atoms with Gasteiger partial charge in [0, 0.05) is 0 Å². The van der Waals surface area contributed by atoms with E-state index in [2.05, 4.69) is 41.8 Å². The van der Waals surface area contributed by atoms with Crippen LogP contribution in [0.3, 0.4) is 0 Å². The molecule has 4 nitrogen and oxygen atoms in total. The Morgan fingerprint density at radius 3 is 2.76 bits per heavy atom. The Bertz CT molecular complexity index is 427. The molecule has 1 aromatic rings. The Hall–Kier alpha value is -1.37. The largest absolute Gasteiger partial charge is 0.246 e. The van der Waals surface area contributed by atoms with Crippen molar-refractivity contribution in [3.8, 4) is 6.07 Å². The quantitative estimate of drug-likeness (QED) is 0.783. The fourth-order valence-corrected chi connectivity index (χ4v) is 2.15. The molecule has 2 atom stereocenters. The van der Waals surface area contributed by atoms with Gasteiger partial charge in [-0.3, -0.25) is 0 Å². The van der Waals surface area contributed by atoms with E-state index in [0.29, 0.717) is 24.3 Å². The lowest BCUT2D eigenvalue weighted by atomic mass is 10.0. The van der Waals surface area contributed by atoms with Gasteiger partial charge in [0.25, 0.3) is 0 Å². The molecule has 17 heavy (non-hydrogen) atoms. The summed E-state index contributed by atoms with van der Waals surface area (Å²) in [6.07, 6.45) is 3.70. The van der Waals surface area contributed by atoms with Gasteiger partial charge in [-0.15, -0.1) is 5.10 Å². The molecule has 4 heteroatoms. The molecule has 0 aromatic carbocycles. The summed E-state index contributed by atoms with van der Waals surface area (Å²) < 4.78 is 2.07. The molecule has 0 N–H and O–H groups in total. The zero-order chi connectivity index (χ0) is 12.4. The average Bonchev–Trinajstić information content (AvgIpc) is 2.86. The van der Waals surface area contributed by atoms with E-state index in [4.69, 9.17) is 5.26 Å². The predicted octanol–water partition coefficient (Wildman–Crippen LogP) is 2.51. The lowest BCUT2D eigenvalue weighted by Crippen LogP contribution is -2.06. The summed E-state index contributed by atoms with van der Waals surface area (Å²) in [4.78, 5) is 0. The van der Waals surface area contributed by atoms with Crippen molar-refractivity contribution in [1.82, 2.24) is 15.0 Å². The Kier molecular flexibility index (Phi) is 3.46. The normalized spacial score (nSPS) is 22.8. The highest BCUT2D eigenvalue weighted by Crippen LogP contribution is 2.43. The lowest BCUT2D eigenvalue weighted by molar-refractivity contribution is 0.521. The van der Waals surface area contributed by atoms with Crippen LogP contribution in [0.25, 0.3) is 0 Å². The van der Waals surface area contributed by atoms with Crippen LogP contribution in [-0.2, 0) is 12.8 Å². The van der Waals surface area contributed by atoms with Crippen molar-refractivity contribution in [3.63, 3.8) is 0 Å². The van der Waals surface area contributed by atoms with Gasteiger partial charge in [-0.05, 0) is 31.1 Å². The van der Waals surface area contributed by atoms with Crippen LogP contribution in [0.15, 0.2) is 0 Å². The summed E-state index contributed by atoms with van der Waals surface area (Å²) in [5, 5.41) is 17.2. The van der Waals surface area contributed by atoms with Crippen LogP contribution in [0.2, 0.25) is 0 Å². The molecule has 1 fully saturated rings. The summed E-state index contributed by atoms with van der Waals surface area (Å²) >= 11 is 0. The molecule has 0 radical (unpaired) electrons. The molecule has 92 valence electrons. The number of nitriles is 1. The van der Waals surface area contributed by atoms with Gasteiger partial charge in [-0.1, -0.05) is 26.0 Å². The molecule has 2 unspecified atom stereocenters. The SMILES string of the molecule is CC(C)CCc1c(CC#N)nnn1C1CC1C. The summed E-state index contributed by atoms with van der Waals surface area (Å²) in [6, 6.07) is 2.71. The van der Waals surface area contributed by atoms with Crippen LogP contribution in [0.5, 0.6) is 0 Å². The second kappa shape index (κ2) is 4.87. The van der Waals surface area contributed by atoms with E-state index >= 15 is 0 Å². The summed E-state index contributed by atoms with van der Waals surface area (Å²) in [7, 11) is 0. The second-order valence-electron chi connectivity index (χ2n) is 5.48. The van der Waals surface area contributed by atoms with Crippen molar-refractivity contribution in [2.24, 2.45) is 11.8 Å². The molecule has 1 saturated carbocycles. The van der Waals surface area contributed by atoms with Crippen molar-refractivity contribution in [3.05, 3.63) is 11.4 Å². The van der Waals surface area contributed by atoms with Gasteiger partial charge in [0.2, 0.25) is 0 Å². The Labute approximate surface area is 103 Å². The van der Waals surface area contributed by atoms with E-state index in [1.54, 1.807) is 0 Å². The van der Waals surface area contributed by atoms with E-state index in [1.165, 1.54) is 12.1 Å². The molecule has 1 aliphatic rings. The molecule has 0 amide bonds. The average molecular weight is 232 g/mol. The van der Waals surface area contributed by atoms with Gasteiger partial charge in [-0.2, -0.15) is 5.26 Å². The fourth-order valence-electron chi connectivity index (χ4n) is 2.15. The van der Waals surface area contributed by atoms with E-state index in [1.807, 2.05) is 0 Å². The number of nitrogens with zero attached hydrogens (tertiary/aromatic N) is 4. The van der Waals surface area contributed by atoms with E-state index < -0.39 is 0 Å². The maximum atomic E-state index is 8.81. The minimum atomic E-state index is 0.383. The molecule has 0 saturated heterocycles. The number of hydrogen-bond donors (Lipinski definition) is 0. The first-order chi connectivity index (χ1) is 8.13. The highest BCUT2D eigenvalue weighted by molar-refractivity contribution is 5.16. The standard InChI is InChI=1S/C13H20N4/c1-9(2)4-5-12-11(6-7-14)15-16-17(12)13-8-10(13)3/h9-10,13H,4-6,8H2,1-3H3. The highest BCUT2D eigenvalue weighted by atomic mass is 15.5. The topological polar surface area (TPSA) is 54.5 Å². The maximum absolute atomic E-state index is 8.81. The first-order valence-electron chi connectivity index (χ1n) is 6.43. The van der Waals surface area contributed by atoms with Crippen LogP contribution >= 0.6 is 0 Å². The van der Waals surface area contributed by atoms with Crippen molar-refractivity contribution >= 4 is 0 Å². The summed E-state index contributed by atoms with van der Waals surface area (Å²) in [5.41, 5.74) is 2.07. The first kappa shape index (κ1) is 12.1. The van der Waals surface area contributed by atoms with Gasteiger partial charge in [0.15, 0.2) is 0 Å². The Morgan fingerprint density at radius 1 is 1.53 bits per heavy atom. The van der Waals surface area contributed by atoms with Crippen LogP contribution in [0.4, 0.5) is 0 Å². The molecular weight excluding hydrogens is 212 g/mol. The van der Waals surface area contributed by atoms with Crippen LogP contribution in [0, 0.1) is 23.2 Å². The van der Waals surface area contributed by atoms with E-state index in [0.717, 1.165) is 18.5 Å². The maximum Gasteiger partial charge on any atom is 0.0999 e. The third-order valence-corrected chi connectivity index (χ3v) is 3.46. The van der Waals surface area contributed by atoms with Gasteiger partial charge in [0.05, 0.1) is 29.9 Å². The molecule has 1 heterocycles. The molecule has 0 aliphatic heterocycles. The second-order valence-corrected chi connectivity index (χ2v) is 5.48. The molecule has 0 bridgehead atoms. The molecular formula is C13H20N4. The van der Waals surface area contributed by atoms with Gasteiger partial charge < -0.3 is 0 Å². The molecule has 1 aromatic heterocycles. The smallest absolute Gasteiger partial charge is 0.0999 e. The van der Waals surface area contributed by atoms with Crippen molar-refractivity contribution in [2.75, 3.05) is 0 Å². The number of aromatic nitrogens is 3. The zero-order valence-corrected chi connectivity index (χ0v) is 10.8. The van der Waals surface area contributed by atoms with Crippen LogP contribution in [0.1, 0.15) is 51.0 Å². The Morgan fingerprint density at radius 2 is 2.24 bits per heavy atom. The van der Waals surface area contributed by atoms with E-state index in [9.17, 15) is 0 Å².